The molecular weight excluding hydrogens is 537 g/mol. The normalized spacial score (nSPS) is 12.5. The maximum atomic E-state index is 10.7. The summed E-state index contributed by atoms with van der Waals surface area (Å²) in [6.07, 6.45) is 0. The number of benzene rings is 3. The minimum absolute atomic E-state index is 0.197. The van der Waals surface area contributed by atoms with Crippen molar-refractivity contribution in [1.29, 1.82) is 0 Å². The second-order valence-electron chi connectivity index (χ2n) is 10.4. The van der Waals surface area contributed by atoms with Crippen molar-refractivity contribution in [2.75, 3.05) is 0 Å². The molecule has 38 heavy (non-hydrogen) atoms. The fourth-order valence-electron chi connectivity index (χ4n) is 3.08. The Bertz CT molecular complexity index is 1210. The van der Waals surface area contributed by atoms with Crippen molar-refractivity contribution in [3.8, 4) is 11.5 Å². The average molecular weight is 571 g/mol. The number of alkyl halides is 3. The first-order valence-electron chi connectivity index (χ1n) is 11.7. The first-order chi connectivity index (χ1) is 17.2. The van der Waals surface area contributed by atoms with E-state index in [2.05, 4.69) is 121 Å². The number of halogens is 3. The predicted molar refractivity (Wildman–Crippen MR) is 143 cm³/mol. The van der Waals surface area contributed by atoms with Crippen molar-refractivity contribution in [2.24, 2.45) is 0 Å². The van der Waals surface area contributed by atoms with Crippen molar-refractivity contribution in [3.63, 3.8) is 0 Å². The van der Waals surface area contributed by atoms with Gasteiger partial charge in [0.1, 0.15) is 22.7 Å². The molecule has 0 fully saturated rings. The Hall–Kier alpha value is -2.69. The number of aryl methyl sites for hydroxylation is 1. The van der Waals surface area contributed by atoms with Gasteiger partial charge in [0.05, 0.1) is 10.9 Å². The van der Waals surface area contributed by atoms with Crippen LogP contribution in [0.1, 0.15) is 47.1 Å². The molecule has 0 spiro atoms. The first-order valence-corrected chi connectivity index (χ1v) is 14.3. The SMILES string of the molecule is Cc1ccc([S+](c2ccc(OC(C)(C)C)cc2)c2ccc(OC(C)(C)C)cc2)cc1.O=S(=O)([O-])C(F)(F)F. The van der Waals surface area contributed by atoms with Crippen molar-refractivity contribution < 1.29 is 35.6 Å². The summed E-state index contributed by atoms with van der Waals surface area (Å²) in [4.78, 5) is 3.84. The lowest BCUT2D eigenvalue weighted by molar-refractivity contribution is -0.0517. The standard InChI is InChI=1S/C27H33O2S.CHF3O3S/c1-20-8-14-23(15-9-20)30(24-16-10-21(11-17-24)28-26(2,3)4)25-18-12-22(13-19-25)29-27(5,6)7;2-1(3,4)8(5,6)7/h8-19H,1-7H3;(H,5,6,7)/q+1;/p-1. The zero-order chi connectivity index (χ0) is 28.9. The lowest BCUT2D eigenvalue weighted by Crippen LogP contribution is -2.23. The Morgan fingerprint density at radius 3 is 1.13 bits per heavy atom. The molecule has 0 aliphatic heterocycles. The number of rotatable bonds is 5. The fraction of sp³-hybridized carbons (Fsp3) is 0.357. The van der Waals surface area contributed by atoms with Gasteiger partial charge in [0.15, 0.2) is 24.8 Å². The molecule has 0 aliphatic carbocycles. The molecule has 0 unspecified atom stereocenters. The molecule has 0 saturated heterocycles. The molecule has 3 rings (SSSR count). The summed E-state index contributed by atoms with van der Waals surface area (Å²) in [5.74, 6) is 1.79. The van der Waals surface area contributed by atoms with Crippen LogP contribution >= 0.6 is 0 Å². The zero-order valence-electron chi connectivity index (χ0n) is 22.4. The second kappa shape index (κ2) is 12.0. The summed E-state index contributed by atoms with van der Waals surface area (Å²) in [6, 6.07) is 25.9. The molecule has 0 amide bonds. The number of hydrogen-bond donors (Lipinski definition) is 0. The molecule has 5 nitrogen and oxygen atoms in total. The van der Waals surface area contributed by atoms with Gasteiger partial charge in [-0.15, -0.1) is 0 Å². The molecule has 0 saturated carbocycles. The van der Waals surface area contributed by atoms with E-state index in [4.69, 9.17) is 22.4 Å². The van der Waals surface area contributed by atoms with Crippen LogP contribution in [0.25, 0.3) is 0 Å². The predicted octanol–water partition coefficient (Wildman–Crippen LogP) is 7.50. The van der Waals surface area contributed by atoms with Gasteiger partial charge >= 0.3 is 5.51 Å². The van der Waals surface area contributed by atoms with E-state index in [1.165, 1.54) is 20.2 Å². The van der Waals surface area contributed by atoms with E-state index in [-0.39, 0.29) is 22.1 Å². The fourth-order valence-corrected chi connectivity index (χ4v) is 5.12. The molecular formula is C28H33F3O5S2. The van der Waals surface area contributed by atoms with Crippen LogP contribution in [-0.4, -0.2) is 29.7 Å². The van der Waals surface area contributed by atoms with Crippen LogP contribution in [-0.2, 0) is 21.0 Å². The van der Waals surface area contributed by atoms with Gasteiger partial charge < -0.3 is 14.0 Å². The third-order valence-corrected chi connectivity index (χ3v) is 7.30. The van der Waals surface area contributed by atoms with Crippen LogP contribution in [0.4, 0.5) is 13.2 Å². The van der Waals surface area contributed by atoms with Gasteiger partial charge in [0.2, 0.25) is 0 Å². The maximum Gasteiger partial charge on any atom is 0.485 e. The van der Waals surface area contributed by atoms with Gasteiger partial charge in [-0.3, -0.25) is 0 Å². The topological polar surface area (TPSA) is 75.7 Å². The summed E-state index contributed by atoms with van der Waals surface area (Å²) >= 11 is 0. The molecule has 0 aromatic heterocycles. The lowest BCUT2D eigenvalue weighted by Gasteiger charge is -2.21. The van der Waals surface area contributed by atoms with Crippen molar-refractivity contribution in [1.82, 2.24) is 0 Å². The van der Waals surface area contributed by atoms with Gasteiger partial charge in [-0.05, 0) is 109 Å². The lowest BCUT2D eigenvalue weighted by atomic mass is 10.2. The average Bonchev–Trinajstić information content (AvgIpc) is 2.74. The third-order valence-electron chi connectivity index (χ3n) is 4.51. The zero-order valence-corrected chi connectivity index (χ0v) is 24.1. The molecule has 208 valence electrons. The molecule has 3 aromatic carbocycles. The van der Waals surface area contributed by atoms with Crippen LogP contribution in [0, 0.1) is 6.92 Å². The van der Waals surface area contributed by atoms with Crippen molar-refractivity contribution in [2.45, 2.75) is 79.9 Å². The Labute approximate surface area is 226 Å². The highest BCUT2D eigenvalue weighted by molar-refractivity contribution is 7.97. The van der Waals surface area contributed by atoms with Gasteiger partial charge in [-0.2, -0.15) is 13.2 Å². The van der Waals surface area contributed by atoms with E-state index in [1.54, 1.807) is 0 Å². The highest BCUT2D eigenvalue weighted by Crippen LogP contribution is 2.34. The Balaban J connectivity index is 0.000000550. The Kier molecular flexibility index (Phi) is 9.96. The summed E-state index contributed by atoms with van der Waals surface area (Å²) in [5.41, 5.74) is -4.79. The molecule has 0 heterocycles. The molecule has 0 bridgehead atoms. The highest BCUT2D eigenvalue weighted by atomic mass is 32.2. The second-order valence-corrected chi connectivity index (χ2v) is 13.8. The van der Waals surface area contributed by atoms with Gasteiger partial charge in [0.25, 0.3) is 0 Å². The molecule has 0 radical (unpaired) electrons. The molecule has 10 heteroatoms. The van der Waals surface area contributed by atoms with E-state index in [9.17, 15) is 13.2 Å². The van der Waals surface area contributed by atoms with Crippen molar-refractivity contribution in [3.05, 3.63) is 78.4 Å². The van der Waals surface area contributed by atoms with Crippen LogP contribution < -0.4 is 9.47 Å². The number of hydrogen-bond acceptors (Lipinski definition) is 5. The van der Waals surface area contributed by atoms with E-state index in [0.29, 0.717) is 0 Å². The first kappa shape index (κ1) is 31.5. The summed E-state index contributed by atoms with van der Waals surface area (Å²) in [7, 11) is -6.29. The summed E-state index contributed by atoms with van der Waals surface area (Å²) < 4.78 is 70.9. The van der Waals surface area contributed by atoms with E-state index in [0.717, 1.165) is 11.5 Å². The van der Waals surface area contributed by atoms with Crippen LogP contribution in [0.3, 0.4) is 0 Å². The largest absolute Gasteiger partial charge is 0.741 e. The van der Waals surface area contributed by atoms with E-state index in [1.807, 2.05) is 0 Å². The van der Waals surface area contributed by atoms with Gasteiger partial charge in [-0.25, -0.2) is 8.42 Å². The minimum atomic E-state index is -6.09. The molecule has 0 N–H and O–H groups in total. The van der Waals surface area contributed by atoms with E-state index >= 15 is 0 Å². The highest BCUT2D eigenvalue weighted by Gasteiger charge is 2.37. The van der Waals surface area contributed by atoms with E-state index < -0.39 is 15.6 Å². The molecule has 0 aliphatic rings. The van der Waals surface area contributed by atoms with Crippen LogP contribution in [0.15, 0.2) is 87.5 Å². The Morgan fingerprint density at radius 2 is 0.895 bits per heavy atom. The van der Waals surface area contributed by atoms with Gasteiger partial charge in [0, 0.05) is 0 Å². The molecule has 0 atom stereocenters. The van der Waals surface area contributed by atoms with Gasteiger partial charge in [-0.1, -0.05) is 17.7 Å². The molecule has 3 aromatic rings. The third kappa shape index (κ3) is 10.2. The van der Waals surface area contributed by atoms with Crippen molar-refractivity contribution >= 4 is 21.0 Å². The maximum absolute atomic E-state index is 10.7. The summed E-state index contributed by atoms with van der Waals surface area (Å²) in [6.45, 7) is 14.5. The Morgan fingerprint density at radius 1 is 0.632 bits per heavy atom. The minimum Gasteiger partial charge on any atom is -0.741 e. The number of ether oxygens (including phenoxy) is 2. The van der Waals surface area contributed by atoms with Crippen LogP contribution in [0.2, 0.25) is 0 Å². The quantitative estimate of drug-likeness (QED) is 0.180. The summed E-state index contributed by atoms with van der Waals surface area (Å²) in [5, 5.41) is 0. The smallest absolute Gasteiger partial charge is 0.485 e. The van der Waals surface area contributed by atoms with Crippen LogP contribution in [0.5, 0.6) is 11.5 Å². The monoisotopic (exact) mass is 570 g/mol.